The Morgan fingerprint density at radius 2 is 2.18 bits per heavy atom. The maximum absolute atomic E-state index is 11.5. The van der Waals surface area contributed by atoms with Crippen molar-refractivity contribution < 1.29 is 4.79 Å². The van der Waals surface area contributed by atoms with E-state index in [9.17, 15) is 4.79 Å². The number of hydrogen-bond donors (Lipinski definition) is 0. The molecule has 0 fully saturated rings. The average molecular weight is 227 g/mol. The van der Waals surface area contributed by atoms with Crippen LogP contribution in [0.15, 0.2) is 24.4 Å². The lowest BCUT2D eigenvalue weighted by atomic mass is 10.1. The normalized spacial score (nSPS) is 10.2. The van der Waals surface area contributed by atoms with Crippen molar-refractivity contribution in [1.82, 2.24) is 4.57 Å². The third-order valence-corrected chi connectivity index (χ3v) is 2.91. The Morgan fingerprint density at radius 1 is 1.47 bits per heavy atom. The quantitative estimate of drug-likeness (QED) is 0.748. The Balaban J connectivity index is 2.79. The van der Waals surface area contributed by atoms with Crippen molar-refractivity contribution in [2.75, 3.05) is 11.9 Å². The molecule has 0 aliphatic carbocycles. The number of nitrogens with zero attached hydrogens (tertiary/aromatic N) is 3. The van der Waals surface area contributed by atoms with Crippen LogP contribution in [-0.4, -0.2) is 17.5 Å². The SMILES string of the molecule is CC(=O)N(C)c1cc(C#N)cc2ccn(C)c12. The minimum absolute atomic E-state index is 0.0532. The van der Waals surface area contributed by atoms with E-state index in [0.29, 0.717) is 5.56 Å². The molecule has 0 atom stereocenters. The van der Waals surface area contributed by atoms with Gasteiger partial charge in [-0.15, -0.1) is 0 Å². The van der Waals surface area contributed by atoms with Gasteiger partial charge in [0.05, 0.1) is 22.8 Å². The van der Waals surface area contributed by atoms with Crippen molar-refractivity contribution >= 4 is 22.5 Å². The minimum atomic E-state index is -0.0532. The van der Waals surface area contributed by atoms with Gasteiger partial charge in [0.25, 0.3) is 0 Å². The number of anilines is 1. The smallest absolute Gasteiger partial charge is 0.223 e. The van der Waals surface area contributed by atoms with Crippen LogP contribution < -0.4 is 4.90 Å². The van der Waals surface area contributed by atoms with E-state index >= 15 is 0 Å². The average Bonchev–Trinajstić information content (AvgIpc) is 2.69. The lowest BCUT2D eigenvalue weighted by molar-refractivity contribution is -0.116. The van der Waals surface area contributed by atoms with Crippen LogP contribution in [-0.2, 0) is 11.8 Å². The molecular formula is C13H13N3O. The topological polar surface area (TPSA) is 49.0 Å². The predicted molar refractivity (Wildman–Crippen MR) is 66.7 cm³/mol. The van der Waals surface area contributed by atoms with E-state index in [-0.39, 0.29) is 5.91 Å². The molecule has 1 amide bonds. The van der Waals surface area contributed by atoms with Gasteiger partial charge in [0.15, 0.2) is 0 Å². The largest absolute Gasteiger partial charge is 0.349 e. The summed E-state index contributed by atoms with van der Waals surface area (Å²) >= 11 is 0. The summed E-state index contributed by atoms with van der Waals surface area (Å²) in [5, 5.41) is 9.96. The van der Waals surface area contributed by atoms with E-state index in [0.717, 1.165) is 16.6 Å². The molecule has 0 unspecified atom stereocenters. The van der Waals surface area contributed by atoms with Crippen molar-refractivity contribution in [3.8, 4) is 6.07 Å². The van der Waals surface area contributed by atoms with Crippen LogP contribution in [0.1, 0.15) is 12.5 Å². The number of carbonyl (C=O) groups is 1. The molecule has 1 heterocycles. The zero-order valence-electron chi connectivity index (χ0n) is 10.1. The molecule has 0 aliphatic heterocycles. The van der Waals surface area contributed by atoms with E-state index < -0.39 is 0 Å². The number of benzene rings is 1. The highest BCUT2D eigenvalue weighted by molar-refractivity contribution is 6.02. The number of aryl methyl sites for hydroxylation is 1. The third kappa shape index (κ3) is 1.76. The molecule has 4 nitrogen and oxygen atoms in total. The first-order valence-corrected chi connectivity index (χ1v) is 5.28. The van der Waals surface area contributed by atoms with Gasteiger partial charge in [-0.25, -0.2) is 0 Å². The molecule has 0 saturated carbocycles. The standard InChI is InChI=1S/C13H13N3O/c1-9(17)16(3)12-7-10(8-14)6-11-4-5-15(2)13(11)12/h4-7H,1-3H3. The highest BCUT2D eigenvalue weighted by atomic mass is 16.2. The van der Waals surface area contributed by atoms with E-state index in [4.69, 9.17) is 5.26 Å². The molecule has 0 saturated heterocycles. The summed E-state index contributed by atoms with van der Waals surface area (Å²) in [6.45, 7) is 1.51. The fourth-order valence-corrected chi connectivity index (χ4v) is 1.91. The Morgan fingerprint density at radius 3 is 2.76 bits per heavy atom. The van der Waals surface area contributed by atoms with Crippen LogP contribution in [0.5, 0.6) is 0 Å². The fraction of sp³-hybridized carbons (Fsp3) is 0.231. The second-order valence-electron chi connectivity index (χ2n) is 4.05. The molecule has 1 aromatic carbocycles. The van der Waals surface area contributed by atoms with Crippen molar-refractivity contribution in [2.24, 2.45) is 7.05 Å². The second kappa shape index (κ2) is 3.95. The lowest BCUT2D eigenvalue weighted by Crippen LogP contribution is -2.23. The van der Waals surface area contributed by atoms with Crippen molar-refractivity contribution in [3.63, 3.8) is 0 Å². The summed E-state index contributed by atoms with van der Waals surface area (Å²) in [6.07, 6.45) is 1.92. The number of aromatic nitrogens is 1. The highest BCUT2D eigenvalue weighted by Gasteiger charge is 2.13. The van der Waals surface area contributed by atoms with E-state index in [2.05, 4.69) is 6.07 Å². The number of carbonyl (C=O) groups excluding carboxylic acids is 1. The number of amides is 1. The van der Waals surface area contributed by atoms with Crippen LogP contribution >= 0.6 is 0 Å². The molecular weight excluding hydrogens is 214 g/mol. The molecule has 86 valence electrons. The molecule has 0 radical (unpaired) electrons. The first kappa shape index (κ1) is 11.2. The number of fused-ring (bicyclic) bond motifs is 1. The Bertz CT molecular complexity index is 634. The summed E-state index contributed by atoms with van der Waals surface area (Å²) < 4.78 is 1.95. The third-order valence-electron chi connectivity index (χ3n) is 2.91. The number of nitriles is 1. The van der Waals surface area contributed by atoms with Crippen LogP contribution in [0.2, 0.25) is 0 Å². The van der Waals surface area contributed by atoms with Crippen LogP contribution in [0.3, 0.4) is 0 Å². The van der Waals surface area contributed by atoms with Gasteiger partial charge in [-0.1, -0.05) is 0 Å². The Hall–Kier alpha value is -2.28. The maximum Gasteiger partial charge on any atom is 0.223 e. The Kier molecular flexibility index (Phi) is 2.60. The van der Waals surface area contributed by atoms with Gasteiger partial charge in [0.1, 0.15) is 0 Å². The van der Waals surface area contributed by atoms with Crippen molar-refractivity contribution in [2.45, 2.75) is 6.92 Å². The summed E-state index contributed by atoms with van der Waals surface area (Å²) in [4.78, 5) is 13.0. The second-order valence-corrected chi connectivity index (χ2v) is 4.05. The fourth-order valence-electron chi connectivity index (χ4n) is 1.91. The van der Waals surface area contributed by atoms with Gasteiger partial charge in [0.2, 0.25) is 5.91 Å². The molecule has 2 aromatic rings. The van der Waals surface area contributed by atoms with E-state index in [1.807, 2.05) is 29.9 Å². The maximum atomic E-state index is 11.5. The molecule has 0 bridgehead atoms. The van der Waals surface area contributed by atoms with Crippen LogP contribution in [0.25, 0.3) is 10.9 Å². The van der Waals surface area contributed by atoms with Crippen LogP contribution in [0.4, 0.5) is 5.69 Å². The van der Waals surface area contributed by atoms with Gasteiger partial charge in [-0.2, -0.15) is 5.26 Å². The monoisotopic (exact) mass is 227 g/mol. The predicted octanol–water partition coefficient (Wildman–Crippen LogP) is 2.03. The molecule has 17 heavy (non-hydrogen) atoms. The molecule has 0 spiro atoms. The van der Waals surface area contributed by atoms with Gasteiger partial charge in [-0.3, -0.25) is 4.79 Å². The van der Waals surface area contributed by atoms with Gasteiger partial charge in [-0.05, 0) is 18.2 Å². The number of hydrogen-bond acceptors (Lipinski definition) is 2. The van der Waals surface area contributed by atoms with Gasteiger partial charge < -0.3 is 9.47 Å². The molecule has 4 heteroatoms. The summed E-state index contributed by atoms with van der Waals surface area (Å²) in [5.41, 5.74) is 2.28. The summed E-state index contributed by atoms with van der Waals surface area (Å²) in [6, 6.07) is 7.62. The van der Waals surface area contributed by atoms with Crippen LogP contribution in [0, 0.1) is 11.3 Å². The minimum Gasteiger partial charge on any atom is -0.349 e. The summed E-state index contributed by atoms with van der Waals surface area (Å²) in [5.74, 6) is -0.0532. The zero-order valence-corrected chi connectivity index (χ0v) is 10.1. The van der Waals surface area contributed by atoms with Gasteiger partial charge in [0, 0.05) is 32.6 Å². The molecule has 0 aliphatic rings. The highest BCUT2D eigenvalue weighted by Crippen LogP contribution is 2.28. The molecule has 1 aromatic heterocycles. The molecule has 0 N–H and O–H groups in total. The van der Waals surface area contributed by atoms with E-state index in [1.165, 1.54) is 6.92 Å². The first-order chi connectivity index (χ1) is 8.04. The number of rotatable bonds is 1. The lowest BCUT2D eigenvalue weighted by Gasteiger charge is -2.17. The zero-order chi connectivity index (χ0) is 12.6. The first-order valence-electron chi connectivity index (χ1n) is 5.28. The van der Waals surface area contributed by atoms with Crippen molar-refractivity contribution in [1.29, 1.82) is 5.26 Å². The Labute approximate surface area is 99.7 Å². The van der Waals surface area contributed by atoms with Gasteiger partial charge >= 0.3 is 0 Å². The van der Waals surface area contributed by atoms with E-state index in [1.54, 1.807) is 18.0 Å². The summed E-state index contributed by atoms with van der Waals surface area (Å²) in [7, 11) is 3.64. The molecule has 2 rings (SSSR count). The van der Waals surface area contributed by atoms with Crippen molar-refractivity contribution in [3.05, 3.63) is 30.0 Å².